The normalized spacial score (nSPS) is 10.9. The number of nitrogens with zero attached hydrogens (tertiary/aromatic N) is 1. The summed E-state index contributed by atoms with van der Waals surface area (Å²) in [5, 5.41) is 2.26. The largest absolute Gasteiger partial charge is 0.465 e. The van der Waals surface area contributed by atoms with E-state index in [1.165, 1.54) is 7.11 Å². The van der Waals surface area contributed by atoms with E-state index in [1.807, 2.05) is 36.4 Å². The number of hydrogen-bond acceptors (Lipinski definition) is 4. The molecule has 4 aromatic rings. The molecule has 2 heterocycles. The second-order valence-corrected chi connectivity index (χ2v) is 5.66. The number of aromatic nitrogens is 2. The van der Waals surface area contributed by atoms with Crippen LogP contribution in [0.1, 0.15) is 10.4 Å². The molecule has 0 aliphatic rings. The van der Waals surface area contributed by atoms with Gasteiger partial charge in [0.15, 0.2) is 0 Å². The topological polar surface area (TPSA) is 72.0 Å². The summed E-state index contributed by atoms with van der Waals surface area (Å²) in [7, 11) is 1.36. The van der Waals surface area contributed by atoms with Crippen molar-refractivity contribution in [3.63, 3.8) is 0 Å². The highest BCUT2D eigenvalue weighted by Crippen LogP contribution is 2.28. The highest BCUT2D eigenvalue weighted by molar-refractivity contribution is 6.06. The van der Waals surface area contributed by atoms with Crippen molar-refractivity contribution in [3.8, 4) is 11.1 Å². The van der Waals surface area contributed by atoms with Gasteiger partial charge < -0.3 is 9.72 Å². The minimum atomic E-state index is -0.401. The van der Waals surface area contributed by atoms with Crippen molar-refractivity contribution in [3.05, 3.63) is 76.7 Å². The lowest BCUT2D eigenvalue weighted by molar-refractivity contribution is 0.0601. The Balaban J connectivity index is 2.03. The van der Waals surface area contributed by atoms with Crippen LogP contribution in [0.4, 0.5) is 0 Å². The van der Waals surface area contributed by atoms with E-state index >= 15 is 0 Å². The molecular formula is C20H14N2O3. The zero-order valence-corrected chi connectivity index (χ0v) is 13.4. The van der Waals surface area contributed by atoms with E-state index in [9.17, 15) is 9.59 Å². The van der Waals surface area contributed by atoms with Gasteiger partial charge in [0.05, 0.1) is 12.7 Å². The minimum absolute atomic E-state index is 0.168. The van der Waals surface area contributed by atoms with Crippen LogP contribution in [0, 0.1) is 0 Å². The summed E-state index contributed by atoms with van der Waals surface area (Å²) in [6.07, 6.45) is 1.65. The second kappa shape index (κ2) is 5.87. The molecule has 0 saturated carbocycles. The lowest BCUT2D eigenvalue weighted by Gasteiger charge is -2.09. The molecule has 0 amide bonds. The van der Waals surface area contributed by atoms with Crippen molar-refractivity contribution in [2.75, 3.05) is 7.11 Å². The number of carbonyl (C=O) groups excluding carboxylic acids is 1. The molecule has 0 fully saturated rings. The quantitative estimate of drug-likeness (QED) is 0.451. The van der Waals surface area contributed by atoms with E-state index in [4.69, 9.17) is 4.74 Å². The van der Waals surface area contributed by atoms with Crippen LogP contribution in [0.25, 0.3) is 32.9 Å². The molecule has 25 heavy (non-hydrogen) atoms. The number of hydrogen-bond donors (Lipinski definition) is 1. The number of carbonyl (C=O) groups is 1. The van der Waals surface area contributed by atoms with E-state index in [-0.39, 0.29) is 5.56 Å². The second-order valence-electron chi connectivity index (χ2n) is 5.66. The van der Waals surface area contributed by atoms with Crippen molar-refractivity contribution in [2.45, 2.75) is 0 Å². The summed E-state index contributed by atoms with van der Waals surface area (Å²) in [5.74, 6) is -0.401. The fourth-order valence-corrected chi connectivity index (χ4v) is 3.03. The Labute approximate surface area is 142 Å². The Morgan fingerprint density at radius 2 is 1.72 bits per heavy atom. The molecule has 0 saturated heterocycles. The average Bonchev–Trinajstić information content (AvgIpc) is 2.67. The predicted octanol–water partition coefficient (Wildman–Crippen LogP) is 3.53. The zero-order chi connectivity index (χ0) is 17.4. The third kappa shape index (κ3) is 2.46. The molecule has 0 aliphatic carbocycles. The fraction of sp³-hybridized carbons (Fsp3) is 0.0500. The molecule has 4 rings (SSSR count). The summed E-state index contributed by atoms with van der Waals surface area (Å²) < 4.78 is 4.87. The highest BCUT2D eigenvalue weighted by atomic mass is 16.5. The first-order valence-corrected chi connectivity index (χ1v) is 7.77. The molecule has 0 bridgehead atoms. The first-order valence-electron chi connectivity index (χ1n) is 7.77. The number of methoxy groups -OCH3 is 1. The first-order chi connectivity index (χ1) is 12.2. The monoisotopic (exact) mass is 330 g/mol. The van der Waals surface area contributed by atoms with Gasteiger partial charge in [0, 0.05) is 22.5 Å². The number of pyridine rings is 2. The number of benzene rings is 2. The van der Waals surface area contributed by atoms with E-state index in [0.29, 0.717) is 16.6 Å². The molecule has 1 N–H and O–H groups in total. The van der Waals surface area contributed by atoms with E-state index in [1.54, 1.807) is 24.4 Å². The molecule has 0 unspecified atom stereocenters. The molecule has 122 valence electrons. The minimum Gasteiger partial charge on any atom is -0.465 e. The van der Waals surface area contributed by atoms with Gasteiger partial charge in [-0.2, -0.15) is 0 Å². The summed E-state index contributed by atoms with van der Waals surface area (Å²) in [6, 6.07) is 16.5. The van der Waals surface area contributed by atoms with Gasteiger partial charge in [-0.1, -0.05) is 36.4 Å². The molecule has 0 radical (unpaired) electrons. The molecule has 5 nitrogen and oxygen atoms in total. The van der Waals surface area contributed by atoms with Crippen LogP contribution in [-0.4, -0.2) is 23.0 Å². The maximum absolute atomic E-state index is 12.2. The number of H-pyrrole nitrogens is 1. The summed E-state index contributed by atoms with van der Waals surface area (Å²) in [5.41, 5.74) is 2.34. The molecule has 2 aromatic heterocycles. The van der Waals surface area contributed by atoms with Gasteiger partial charge in [0.2, 0.25) is 0 Å². The zero-order valence-electron chi connectivity index (χ0n) is 13.4. The van der Waals surface area contributed by atoms with Gasteiger partial charge in [-0.15, -0.1) is 0 Å². The third-order valence-corrected chi connectivity index (χ3v) is 4.22. The van der Waals surface area contributed by atoms with Crippen LogP contribution in [-0.2, 0) is 4.74 Å². The third-order valence-electron chi connectivity index (χ3n) is 4.22. The van der Waals surface area contributed by atoms with Crippen molar-refractivity contribution in [2.24, 2.45) is 0 Å². The molecule has 0 aliphatic heterocycles. The number of nitrogens with one attached hydrogen (secondary N) is 1. The lowest BCUT2D eigenvalue weighted by Crippen LogP contribution is -2.07. The molecule has 2 aromatic carbocycles. The number of rotatable bonds is 2. The van der Waals surface area contributed by atoms with Crippen LogP contribution in [0.15, 0.2) is 65.6 Å². The molecule has 0 spiro atoms. The van der Waals surface area contributed by atoms with E-state index in [0.717, 1.165) is 21.9 Å². The van der Waals surface area contributed by atoms with Crippen LogP contribution in [0.3, 0.4) is 0 Å². The molecular weight excluding hydrogens is 316 g/mol. The van der Waals surface area contributed by atoms with Crippen LogP contribution < -0.4 is 5.56 Å². The maximum Gasteiger partial charge on any atom is 0.338 e. The maximum atomic E-state index is 12.2. The summed E-state index contributed by atoms with van der Waals surface area (Å²) in [6.45, 7) is 0. The van der Waals surface area contributed by atoms with Gasteiger partial charge in [0.1, 0.15) is 5.65 Å². The number of fused-ring (bicyclic) bond motifs is 3. The smallest absolute Gasteiger partial charge is 0.338 e. The number of aromatic amines is 1. The Bertz CT molecular complexity index is 1180. The van der Waals surface area contributed by atoms with Gasteiger partial charge in [-0.3, -0.25) is 4.79 Å². The standard InChI is InChI=1S/C20H14N2O3/c1-25-20(24)16-9-5-2-6-13(16)12-10-17-14-7-3-4-8-15(14)19(23)22-18(17)21-11-12/h2-11H,1H3,(H,21,22,23). The van der Waals surface area contributed by atoms with E-state index in [2.05, 4.69) is 9.97 Å². The number of ether oxygens (including phenoxy) is 1. The SMILES string of the molecule is COC(=O)c1ccccc1-c1cnc2[nH]c(=O)c3ccccc3c2c1. The van der Waals surface area contributed by atoms with E-state index < -0.39 is 5.97 Å². The number of esters is 1. The average molecular weight is 330 g/mol. The van der Waals surface area contributed by atoms with Gasteiger partial charge in [-0.25, -0.2) is 9.78 Å². The molecule has 0 atom stereocenters. The van der Waals surface area contributed by atoms with Crippen LogP contribution >= 0.6 is 0 Å². The fourth-order valence-electron chi connectivity index (χ4n) is 3.03. The summed E-state index contributed by atoms with van der Waals surface area (Å²) in [4.78, 5) is 31.4. The lowest BCUT2D eigenvalue weighted by atomic mass is 9.99. The Kier molecular flexibility index (Phi) is 3.54. The van der Waals surface area contributed by atoms with Crippen molar-refractivity contribution < 1.29 is 9.53 Å². The van der Waals surface area contributed by atoms with Crippen molar-refractivity contribution in [1.29, 1.82) is 0 Å². The van der Waals surface area contributed by atoms with Gasteiger partial charge in [-0.05, 0) is 29.1 Å². The Hall–Kier alpha value is -3.47. The molecule has 5 heteroatoms. The predicted molar refractivity (Wildman–Crippen MR) is 96.6 cm³/mol. The van der Waals surface area contributed by atoms with Crippen LogP contribution in [0.2, 0.25) is 0 Å². The Morgan fingerprint density at radius 3 is 2.52 bits per heavy atom. The van der Waals surface area contributed by atoms with Crippen LogP contribution in [0.5, 0.6) is 0 Å². The van der Waals surface area contributed by atoms with Gasteiger partial charge in [0.25, 0.3) is 5.56 Å². The van der Waals surface area contributed by atoms with Crippen molar-refractivity contribution >= 4 is 27.8 Å². The Morgan fingerprint density at radius 1 is 1.00 bits per heavy atom. The first kappa shape index (κ1) is 15.1. The highest BCUT2D eigenvalue weighted by Gasteiger charge is 2.14. The van der Waals surface area contributed by atoms with Crippen molar-refractivity contribution in [1.82, 2.24) is 9.97 Å². The van der Waals surface area contributed by atoms with Gasteiger partial charge >= 0.3 is 5.97 Å². The summed E-state index contributed by atoms with van der Waals surface area (Å²) >= 11 is 0.